The molecular weight excluding hydrogens is 364 g/mol. The maximum Gasteiger partial charge on any atom is 0.310 e. The van der Waals surface area contributed by atoms with Crippen molar-refractivity contribution in [2.75, 3.05) is 7.11 Å². The number of carbonyl (C=O) groups is 2. The molecular formula is C24H24N2O3. The third-order valence-electron chi connectivity index (χ3n) is 4.71. The fraction of sp³-hybridized carbons (Fsp3) is 0.167. The van der Waals surface area contributed by atoms with Crippen LogP contribution in [0.5, 0.6) is 5.75 Å². The Labute approximate surface area is 170 Å². The molecule has 0 fully saturated rings. The van der Waals surface area contributed by atoms with Crippen LogP contribution in [0.15, 0.2) is 84.9 Å². The molecule has 5 heteroatoms. The van der Waals surface area contributed by atoms with E-state index in [0.717, 1.165) is 22.4 Å². The highest BCUT2D eigenvalue weighted by atomic mass is 16.5. The Kier molecular flexibility index (Phi) is 6.63. The van der Waals surface area contributed by atoms with Gasteiger partial charge < -0.3 is 15.4 Å². The van der Waals surface area contributed by atoms with E-state index in [9.17, 15) is 9.59 Å². The number of amides is 2. The topological polar surface area (TPSA) is 67.4 Å². The summed E-state index contributed by atoms with van der Waals surface area (Å²) < 4.78 is 5.14. The molecule has 5 nitrogen and oxygen atoms in total. The average Bonchev–Trinajstić information content (AvgIpc) is 2.78. The maximum atomic E-state index is 12.6. The van der Waals surface area contributed by atoms with Crippen molar-refractivity contribution in [2.24, 2.45) is 0 Å². The molecule has 148 valence electrons. The fourth-order valence-corrected chi connectivity index (χ4v) is 3.08. The van der Waals surface area contributed by atoms with Crippen molar-refractivity contribution in [3.05, 3.63) is 102 Å². The normalized spacial score (nSPS) is 11.6. The van der Waals surface area contributed by atoms with Gasteiger partial charge in [-0.1, -0.05) is 72.8 Å². The van der Waals surface area contributed by atoms with E-state index in [1.165, 1.54) is 0 Å². The largest absolute Gasteiger partial charge is 0.497 e. The highest BCUT2D eigenvalue weighted by Crippen LogP contribution is 2.22. The molecule has 3 rings (SSSR count). The molecule has 0 radical (unpaired) electrons. The lowest BCUT2D eigenvalue weighted by Gasteiger charge is -2.20. The van der Waals surface area contributed by atoms with E-state index >= 15 is 0 Å². The molecule has 1 atom stereocenters. The summed E-state index contributed by atoms with van der Waals surface area (Å²) in [5.74, 6) is -0.619. The second kappa shape index (κ2) is 9.55. The number of carbonyl (C=O) groups excluding carboxylic acids is 2. The van der Waals surface area contributed by atoms with E-state index in [-0.39, 0.29) is 6.04 Å². The summed E-state index contributed by atoms with van der Waals surface area (Å²) in [7, 11) is 1.60. The van der Waals surface area contributed by atoms with Crippen LogP contribution in [0.1, 0.15) is 35.7 Å². The van der Waals surface area contributed by atoms with Gasteiger partial charge in [0.2, 0.25) is 0 Å². The Morgan fingerprint density at radius 1 is 0.690 bits per heavy atom. The van der Waals surface area contributed by atoms with Gasteiger partial charge in [-0.3, -0.25) is 9.59 Å². The molecule has 3 aromatic rings. The van der Waals surface area contributed by atoms with Crippen LogP contribution < -0.4 is 15.4 Å². The maximum absolute atomic E-state index is 12.6. The third kappa shape index (κ3) is 5.23. The Bertz CT molecular complexity index is 901. The number of nitrogens with one attached hydrogen (secondary N) is 2. The number of ether oxygens (including phenoxy) is 1. The van der Waals surface area contributed by atoms with Crippen LogP contribution in [0.3, 0.4) is 0 Å². The zero-order chi connectivity index (χ0) is 20.6. The molecule has 0 spiro atoms. The molecule has 0 saturated heterocycles. The van der Waals surface area contributed by atoms with Crippen molar-refractivity contribution in [3.63, 3.8) is 0 Å². The van der Waals surface area contributed by atoms with Crippen LogP contribution in [0, 0.1) is 0 Å². The van der Waals surface area contributed by atoms with Crippen LogP contribution in [0.4, 0.5) is 0 Å². The SMILES string of the molecule is COc1ccc(C(C)NC(=O)C(=O)NC(c2ccccc2)c2ccccc2)cc1. The summed E-state index contributed by atoms with van der Waals surface area (Å²) in [6.45, 7) is 1.83. The van der Waals surface area contributed by atoms with Crippen molar-refractivity contribution in [3.8, 4) is 5.75 Å². The summed E-state index contributed by atoms with van der Waals surface area (Å²) in [5, 5.41) is 5.60. The molecule has 2 N–H and O–H groups in total. The highest BCUT2D eigenvalue weighted by Gasteiger charge is 2.22. The minimum atomic E-state index is -0.678. The van der Waals surface area contributed by atoms with Gasteiger partial charge in [-0.15, -0.1) is 0 Å². The van der Waals surface area contributed by atoms with Crippen LogP contribution >= 0.6 is 0 Å². The third-order valence-corrected chi connectivity index (χ3v) is 4.71. The van der Waals surface area contributed by atoms with Gasteiger partial charge in [0.15, 0.2) is 0 Å². The van der Waals surface area contributed by atoms with E-state index < -0.39 is 17.9 Å². The molecule has 0 aliphatic heterocycles. The van der Waals surface area contributed by atoms with Crippen molar-refractivity contribution < 1.29 is 14.3 Å². The number of benzene rings is 3. The Morgan fingerprint density at radius 3 is 1.66 bits per heavy atom. The van der Waals surface area contributed by atoms with Gasteiger partial charge in [0.1, 0.15) is 5.75 Å². The zero-order valence-electron chi connectivity index (χ0n) is 16.5. The average molecular weight is 388 g/mol. The summed E-state index contributed by atoms with van der Waals surface area (Å²) in [4.78, 5) is 25.1. The molecule has 0 aliphatic carbocycles. The molecule has 2 amide bonds. The summed E-state index contributed by atoms with van der Waals surface area (Å²) in [6, 6.07) is 25.8. The monoisotopic (exact) mass is 388 g/mol. The van der Waals surface area contributed by atoms with Gasteiger partial charge in [-0.05, 0) is 35.7 Å². The lowest BCUT2D eigenvalue weighted by atomic mass is 9.98. The van der Waals surface area contributed by atoms with Crippen LogP contribution in [-0.4, -0.2) is 18.9 Å². The lowest BCUT2D eigenvalue weighted by Crippen LogP contribution is -2.42. The molecule has 0 saturated carbocycles. The second-order valence-corrected chi connectivity index (χ2v) is 6.70. The molecule has 3 aromatic carbocycles. The van der Waals surface area contributed by atoms with E-state index in [0.29, 0.717) is 0 Å². The predicted molar refractivity (Wildman–Crippen MR) is 112 cm³/mol. The molecule has 0 bridgehead atoms. The predicted octanol–water partition coefficient (Wildman–Crippen LogP) is 3.78. The molecule has 0 aromatic heterocycles. The Balaban J connectivity index is 1.71. The summed E-state index contributed by atoms with van der Waals surface area (Å²) >= 11 is 0. The first-order valence-electron chi connectivity index (χ1n) is 9.43. The molecule has 1 unspecified atom stereocenters. The lowest BCUT2D eigenvalue weighted by molar-refractivity contribution is -0.139. The van der Waals surface area contributed by atoms with E-state index in [1.807, 2.05) is 91.9 Å². The van der Waals surface area contributed by atoms with Gasteiger partial charge in [0.25, 0.3) is 0 Å². The van der Waals surface area contributed by atoms with E-state index in [2.05, 4.69) is 10.6 Å². The quantitative estimate of drug-likeness (QED) is 0.632. The van der Waals surface area contributed by atoms with Crippen LogP contribution in [-0.2, 0) is 9.59 Å². The van der Waals surface area contributed by atoms with Gasteiger partial charge in [-0.2, -0.15) is 0 Å². The van der Waals surface area contributed by atoms with Gasteiger partial charge in [-0.25, -0.2) is 0 Å². The summed E-state index contributed by atoms with van der Waals surface area (Å²) in [6.07, 6.45) is 0. The smallest absolute Gasteiger partial charge is 0.310 e. The van der Waals surface area contributed by atoms with E-state index in [4.69, 9.17) is 4.74 Å². The van der Waals surface area contributed by atoms with Gasteiger partial charge in [0.05, 0.1) is 19.2 Å². The zero-order valence-corrected chi connectivity index (χ0v) is 16.5. The molecule has 0 heterocycles. The number of hydrogen-bond donors (Lipinski definition) is 2. The van der Waals surface area contributed by atoms with Crippen molar-refractivity contribution in [1.29, 1.82) is 0 Å². The minimum Gasteiger partial charge on any atom is -0.497 e. The molecule has 0 aliphatic rings. The minimum absolute atomic E-state index is 0.314. The van der Waals surface area contributed by atoms with Crippen LogP contribution in [0.2, 0.25) is 0 Å². The Hall–Kier alpha value is -3.60. The summed E-state index contributed by atoms with van der Waals surface area (Å²) in [5.41, 5.74) is 2.70. The first kappa shape index (κ1) is 20.1. The van der Waals surface area contributed by atoms with Crippen LogP contribution in [0.25, 0.3) is 0 Å². The number of rotatable bonds is 6. The van der Waals surface area contributed by atoms with Crippen molar-refractivity contribution in [1.82, 2.24) is 10.6 Å². The number of methoxy groups -OCH3 is 1. The Morgan fingerprint density at radius 2 is 1.17 bits per heavy atom. The van der Waals surface area contributed by atoms with E-state index in [1.54, 1.807) is 7.11 Å². The first-order chi connectivity index (χ1) is 14.1. The van der Waals surface area contributed by atoms with Gasteiger partial charge in [0, 0.05) is 0 Å². The number of hydrogen-bond acceptors (Lipinski definition) is 3. The van der Waals surface area contributed by atoms with Crippen molar-refractivity contribution in [2.45, 2.75) is 19.0 Å². The molecule has 29 heavy (non-hydrogen) atoms. The first-order valence-corrected chi connectivity index (χ1v) is 9.43. The second-order valence-electron chi connectivity index (χ2n) is 6.70. The van der Waals surface area contributed by atoms with Crippen molar-refractivity contribution >= 4 is 11.8 Å². The standard InChI is InChI=1S/C24H24N2O3/c1-17(18-13-15-21(29-2)16-14-18)25-23(27)24(28)26-22(19-9-5-3-6-10-19)20-11-7-4-8-12-20/h3-17,22H,1-2H3,(H,25,27)(H,26,28). The van der Waals surface area contributed by atoms with Gasteiger partial charge >= 0.3 is 11.8 Å². The fourth-order valence-electron chi connectivity index (χ4n) is 3.08. The highest BCUT2D eigenvalue weighted by molar-refractivity contribution is 6.35.